The highest BCUT2D eigenvalue weighted by Gasteiger charge is 2.30. The summed E-state index contributed by atoms with van der Waals surface area (Å²) < 4.78 is 10.8. The van der Waals surface area contributed by atoms with Crippen LogP contribution in [0.15, 0.2) is 40.9 Å². The van der Waals surface area contributed by atoms with Crippen LogP contribution < -0.4 is 0 Å². The van der Waals surface area contributed by atoms with Gasteiger partial charge in [-0.05, 0) is 13.8 Å². The monoisotopic (exact) mass is 286 g/mol. The lowest BCUT2D eigenvalue weighted by Gasteiger charge is -2.36. The lowest BCUT2D eigenvalue weighted by Crippen LogP contribution is -2.50. The lowest BCUT2D eigenvalue weighted by atomic mass is 10.1. The first-order valence-corrected chi connectivity index (χ1v) is 7.10. The van der Waals surface area contributed by atoms with Crippen molar-refractivity contribution in [1.29, 1.82) is 0 Å². The molecule has 0 bridgehead atoms. The molecule has 2 atom stereocenters. The van der Waals surface area contributed by atoms with Crippen molar-refractivity contribution >= 4 is 5.91 Å². The van der Waals surface area contributed by atoms with E-state index >= 15 is 0 Å². The Hall–Kier alpha value is -2.14. The van der Waals surface area contributed by atoms with Crippen LogP contribution in [0, 0.1) is 0 Å². The number of morpholine rings is 1. The van der Waals surface area contributed by atoms with Gasteiger partial charge in [-0.25, -0.2) is 0 Å². The number of amides is 1. The normalized spacial score (nSPS) is 22.3. The average Bonchev–Trinajstić information content (AvgIpc) is 3.00. The van der Waals surface area contributed by atoms with E-state index in [-0.39, 0.29) is 18.1 Å². The minimum Gasteiger partial charge on any atom is -0.375 e. The van der Waals surface area contributed by atoms with E-state index in [9.17, 15) is 4.79 Å². The highest BCUT2D eigenvalue weighted by molar-refractivity contribution is 5.93. The number of hydrogen-bond acceptors (Lipinski definition) is 4. The molecule has 2 unspecified atom stereocenters. The standard InChI is InChI=1S/C16H18N2O3/c1-11-10-20-12(2)9-18(11)16(19)14-8-15(21-17-14)13-6-4-3-5-7-13/h3-8,11-12H,9-10H2,1-2H3. The molecule has 1 aromatic heterocycles. The second kappa shape index (κ2) is 5.69. The molecule has 1 amide bonds. The summed E-state index contributed by atoms with van der Waals surface area (Å²) in [4.78, 5) is 14.3. The van der Waals surface area contributed by atoms with Gasteiger partial charge in [-0.1, -0.05) is 35.5 Å². The highest BCUT2D eigenvalue weighted by atomic mass is 16.5. The fourth-order valence-corrected chi connectivity index (χ4v) is 2.45. The van der Waals surface area contributed by atoms with Crippen molar-refractivity contribution in [2.24, 2.45) is 0 Å². The molecule has 1 fully saturated rings. The average molecular weight is 286 g/mol. The van der Waals surface area contributed by atoms with E-state index in [1.807, 2.05) is 44.2 Å². The molecule has 1 aliphatic rings. The fourth-order valence-electron chi connectivity index (χ4n) is 2.45. The number of carbonyl (C=O) groups is 1. The van der Waals surface area contributed by atoms with Crippen molar-refractivity contribution in [3.8, 4) is 11.3 Å². The number of rotatable bonds is 2. The van der Waals surface area contributed by atoms with Gasteiger partial charge in [-0.2, -0.15) is 0 Å². The lowest BCUT2D eigenvalue weighted by molar-refractivity contribution is -0.0390. The van der Waals surface area contributed by atoms with Gasteiger partial charge in [0.1, 0.15) is 0 Å². The highest BCUT2D eigenvalue weighted by Crippen LogP contribution is 2.22. The zero-order valence-electron chi connectivity index (χ0n) is 12.2. The molecule has 1 saturated heterocycles. The topological polar surface area (TPSA) is 55.6 Å². The Morgan fingerprint density at radius 3 is 2.81 bits per heavy atom. The largest absolute Gasteiger partial charge is 0.375 e. The SMILES string of the molecule is CC1CN(C(=O)c2cc(-c3ccccc3)on2)C(C)CO1. The summed E-state index contributed by atoms with van der Waals surface area (Å²) in [6, 6.07) is 11.4. The quantitative estimate of drug-likeness (QED) is 0.851. The van der Waals surface area contributed by atoms with Gasteiger partial charge < -0.3 is 14.2 Å². The first kappa shape index (κ1) is 13.8. The molecule has 21 heavy (non-hydrogen) atoms. The van der Waals surface area contributed by atoms with Crippen LogP contribution in [-0.2, 0) is 4.74 Å². The van der Waals surface area contributed by atoms with Crippen molar-refractivity contribution in [1.82, 2.24) is 10.1 Å². The van der Waals surface area contributed by atoms with Gasteiger partial charge >= 0.3 is 0 Å². The predicted octanol–water partition coefficient (Wildman–Crippen LogP) is 2.59. The zero-order chi connectivity index (χ0) is 14.8. The predicted molar refractivity (Wildman–Crippen MR) is 77.9 cm³/mol. The minimum absolute atomic E-state index is 0.0468. The Balaban J connectivity index is 1.81. The van der Waals surface area contributed by atoms with Crippen LogP contribution >= 0.6 is 0 Å². The van der Waals surface area contributed by atoms with Gasteiger partial charge in [0.25, 0.3) is 5.91 Å². The van der Waals surface area contributed by atoms with Crippen LogP contribution in [0.2, 0.25) is 0 Å². The molecule has 0 radical (unpaired) electrons. The number of ether oxygens (including phenoxy) is 1. The third-order valence-electron chi connectivity index (χ3n) is 3.66. The van der Waals surface area contributed by atoms with Crippen LogP contribution in [0.3, 0.4) is 0 Å². The zero-order valence-corrected chi connectivity index (χ0v) is 12.2. The summed E-state index contributed by atoms with van der Waals surface area (Å²) in [5.41, 5.74) is 1.25. The van der Waals surface area contributed by atoms with Crippen LogP contribution in [0.25, 0.3) is 11.3 Å². The van der Waals surface area contributed by atoms with E-state index in [1.54, 1.807) is 11.0 Å². The molecular formula is C16H18N2O3. The van der Waals surface area contributed by atoms with E-state index in [0.717, 1.165) is 5.56 Å². The van der Waals surface area contributed by atoms with Crippen LogP contribution in [0.4, 0.5) is 0 Å². The van der Waals surface area contributed by atoms with E-state index in [4.69, 9.17) is 9.26 Å². The first-order valence-electron chi connectivity index (χ1n) is 7.10. The smallest absolute Gasteiger partial charge is 0.276 e. The van der Waals surface area contributed by atoms with Crippen molar-refractivity contribution in [2.75, 3.05) is 13.2 Å². The van der Waals surface area contributed by atoms with E-state index < -0.39 is 0 Å². The van der Waals surface area contributed by atoms with Crippen molar-refractivity contribution in [3.05, 3.63) is 42.1 Å². The summed E-state index contributed by atoms with van der Waals surface area (Å²) in [5.74, 6) is 0.497. The molecule has 1 aromatic carbocycles. The van der Waals surface area contributed by atoms with Gasteiger partial charge in [0.05, 0.1) is 18.8 Å². The van der Waals surface area contributed by atoms with Crippen LogP contribution in [0.1, 0.15) is 24.3 Å². The molecule has 0 saturated carbocycles. The summed E-state index contributed by atoms with van der Waals surface area (Å²) >= 11 is 0. The summed E-state index contributed by atoms with van der Waals surface area (Å²) in [5, 5.41) is 3.92. The summed E-state index contributed by atoms with van der Waals surface area (Å²) in [6.45, 7) is 5.07. The van der Waals surface area contributed by atoms with Gasteiger partial charge in [0.15, 0.2) is 11.5 Å². The minimum atomic E-state index is -0.108. The van der Waals surface area contributed by atoms with E-state index in [2.05, 4.69) is 5.16 Å². The second-order valence-electron chi connectivity index (χ2n) is 5.39. The Morgan fingerprint density at radius 1 is 1.29 bits per heavy atom. The van der Waals surface area contributed by atoms with Gasteiger partial charge in [-0.15, -0.1) is 0 Å². The third-order valence-corrected chi connectivity index (χ3v) is 3.66. The molecule has 1 aliphatic heterocycles. The number of benzene rings is 1. The van der Waals surface area contributed by atoms with Gasteiger partial charge in [0, 0.05) is 18.2 Å². The maximum atomic E-state index is 12.5. The second-order valence-corrected chi connectivity index (χ2v) is 5.39. The fraction of sp³-hybridized carbons (Fsp3) is 0.375. The Labute approximate surface area is 123 Å². The van der Waals surface area contributed by atoms with Crippen molar-refractivity contribution in [3.63, 3.8) is 0 Å². The molecule has 0 N–H and O–H groups in total. The van der Waals surface area contributed by atoms with Gasteiger partial charge in [0.2, 0.25) is 0 Å². The van der Waals surface area contributed by atoms with Crippen molar-refractivity contribution < 1.29 is 14.1 Å². The molecule has 0 aliphatic carbocycles. The molecule has 3 rings (SSSR count). The maximum absolute atomic E-state index is 12.5. The van der Waals surface area contributed by atoms with Crippen LogP contribution in [-0.4, -0.2) is 41.3 Å². The number of nitrogens with zero attached hydrogens (tertiary/aromatic N) is 2. The summed E-state index contributed by atoms with van der Waals surface area (Å²) in [6.07, 6.45) is 0.0469. The van der Waals surface area contributed by atoms with Gasteiger partial charge in [-0.3, -0.25) is 4.79 Å². The van der Waals surface area contributed by atoms with Crippen molar-refractivity contribution in [2.45, 2.75) is 26.0 Å². The summed E-state index contributed by atoms with van der Waals surface area (Å²) in [7, 11) is 0. The Kier molecular flexibility index (Phi) is 3.75. The third kappa shape index (κ3) is 2.83. The molecule has 0 spiro atoms. The first-order chi connectivity index (χ1) is 10.1. The molecule has 5 heteroatoms. The number of aromatic nitrogens is 1. The molecular weight excluding hydrogens is 268 g/mol. The number of hydrogen-bond donors (Lipinski definition) is 0. The molecule has 5 nitrogen and oxygen atoms in total. The Morgan fingerprint density at radius 2 is 2.05 bits per heavy atom. The molecule has 2 aromatic rings. The maximum Gasteiger partial charge on any atom is 0.276 e. The number of carbonyl (C=O) groups excluding carboxylic acids is 1. The Bertz CT molecular complexity index is 623. The van der Waals surface area contributed by atoms with E-state index in [1.165, 1.54) is 0 Å². The molecule has 2 heterocycles. The van der Waals surface area contributed by atoms with Crippen LogP contribution in [0.5, 0.6) is 0 Å². The van der Waals surface area contributed by atoms with E-state index in [0.29, 0.717) is 24.6 Å². The molecule has 110 valence electrons.